The number of nitrogens with zero attached hydrogens (tertiary/aromatic N) is 4. The predicted octanol–water partition coefficient (Wildman–Crippen LogP) is 5.26. The third-order valence-corrected chi connectivity index (χ3v) is 6.04. The van der Waals surface area contributed by atoms with E-state index in [0.29, 0.717) is 17.5 Å². The number of hydrogen-bond acceptors (Lipinski definition) is 8. The summed E-state index contributed by atoms with van der Waals surface area (Å²) in [5.74, 6) is 1.62. The van der Waals surface area contributed by atoms with E-state index >= 15 is 0 Å². The van der Waals surface area contributed by atoms with Gasteiger partial charge in [0.25, 0.3) is 0 Å². The molecule has 27 heavy (non-hydrogen) atoms. The standard InChI is InChI=1S/C18H14BrN5OS2/c19-14-8-4-7-13(9-14)16-22-21-15(25-16)11-26-18-24-23-17(27-18)20-10-12-5-2-1-3-6-12/h1-9H,10-11H2,(H,20,23). The van der Waals surface area contributed by atoms with Crippen LogP contribution in [0, 0.1) is 0 Å². The molecule has 9 heteroatoms. The van der Waals surface area contributed by atoms with E-state index in [0.717, 1.165) is 26.1 Å². The average Bonchev–Trinajstić information content (AvgIpc) is 3.35. The van der Waals surface area contributed by atoms with Crippen molar-refractivity contribution in [2.45, 2.75) is 16.6 Å². The summed E-state index contributed by atoms with van der Waals surface area (Å²) >= 11 is 6.48. The van der Waals surface area contributed by atoms with Crippen LogP contribution in [0.2, 0.25) is 0 Å². The number of halogens is 1. The molecule has 0 fully saturated rings. The number of nitrogens with one attached hydrogen (secondary N) is 1. The van der Waals surface area contributed by atoms with Crippen LogP contribution in [0.15, 0.2) is 67.8 Å². The van der Waals surface area contributed by atoms with Gasteiger partial charge in [0.1, 0.15) is 0 Å². The van der Waals surface area contributed by atoms with E-state index in [4.69, 9.17) is 4.42 Å². The molecule has 2 heterocycles. The van der Waals surface area contributed by atoms with Crippen molar-refractivity contribution in [1.82, 2.24) is 20.4 Å². The van der Waals surface area contributed by atoms with E-state index in [1.54, 1.807) is 0 Å². The lowest BCUT2D eigenvalue weighted by atomic mass is 10.2. The SMILES string of the molecule is Brc1cccc(-c2nnc(CSc3nnc(NCc4ccccc4)s3)o2)c1. The van der Waals surface area contributed by atoms with Crippen LogP contribution in [0.3, 0.4) is 0 Å². The first-order valence-corrected chi connectivity index (χ1v) is 10.7. The Kier molecular flexibility index (Phi) is 5.81. The van der Waals surface area contributed by atoms with Gasteiger partial charge in [0.2, 0.25) is 16.9 Å². The first kappa shape index (κ1) is 18.1. The van der Waals surface area contributed by atoms with Crippen molar-refractivity contribution in [3.8, 4) is 11.5 Å². The van der Waals surface area contributed by atoms with E-state index in [1.165, 1.54) is 28.7 Å². The smallest absolute Gasteiger partial charge is 0.247 e. The number of aromatic nitrogens is 4. The minimum absolute atomic E-state index is 0.509. The van der Waals surface area contributed by atoms with E-state index < -0.39 is 0 Å². The zero-order valence-electron chi connectivity index (χ0n) is 14.0. The van der Waals surface area contributed by atoms with Gasteiger partial charge in [0.05, 0.1) is 5.75 Å². The number of rotatable bonds is 7. The van der Waals surface area contributed by atoms with Crippen LogP contribution in [0.5, 0.6) is 0 Å². The summed E-state index contributed by atoms with van der Waals surface area (Å²) in [5, 5.41) is 20.7. The molecule has 1 N–H and O–H groups in total. The van der Waals surface area contributed by atoms with Crippen LogP contribution in [-0.4, -0.2) is 20.4 Å². The molecular weight excluding hydrogens is 446 g/mol. The van der Waals surface area contributed by atoms with E-state index in [1.807, 2.05) is 42.5 Å². The molecule has 0 bridgehead atoms. The van der Waals surface area contributed by atoms with Gasteiger partial charge in [-0.3, -0.25) is 0 Å². The lowest BCUT2D eigenvalue weighted by molar-refractivity contribution is 0.528. The monoisotopic (exact) mass is 459 g/mol. The van der Waals surface area contributed by atoms with Gasteiger partial charge in [-0.1, -0.05) is 75.4 Å². The molecule has 2 aromatic heterocycles. The largest absolute Gasteiger partial charge is 0.420 e. The Morgan fingerprint density at radius 2 is 1.89 bits per heavy atom. The summed E-state index contributed by atoms with van der Waals surface area (Å²) in [6, 6.07) is 18.0. The first-order chi connectivity index (χ1) is 13.3. The highest BCUT2D eigenvalue weighted by molar-refractivity contribution is 9.10. The van der Waals surface area contributed by atoms with Crippen molar-refractivity contribution < 1.29 is 4.42 Å². The van der Waals surface area contributed by atoms with Gasteiger partial charge < -0.3 is 9.73 Å². The number of benzene rings is 2. The molecular formula is C18H14BrN5OS2. The van der Waals surface area contributed by atoms with Crippen LogP contribution >= 0.6 is 39.0 Å². The molecule has 6 nitrogen and oxygen atoms in total. The van der Waals surface area contributed by atoms with Gasteiger partial charge in [0.15, 0.2) is 4.34 Å². The van der Waals surface area contributed by atoms with Crippen LogP contribution in [-0.2, 0) is 12.3 Å². The fraction of sp³-hybridized carbons (Fsp3) is 0.111. The number of hydrogen-bond donors (Lipinski definition) is 1. The molecule has 0 atom stereocenters. The molecule has 4 aromatic rings. The Balaban J connectivity index is 1.32. The van der Waals surface area contributed by atoms with Crippen LogP contribution < -0.4 is 5.32 Å². The van der Waals surface area contributed by atoms with Gasteiger partial charge in [-0.25, -0.2) is 0 Å². The van der Waals surface area contributed by atoms with Crippen LogP contribution in [0.25, 0.3) is 11.5 Å². The molecule has 2 aromatic carbocycles. The summed E-state index contributed by atoms with van der Waals surface area (Å²) in [6.07, 6.45) is 0. The predicted molar refractivity (Wildman–Crippen MR) is 111 cm³/mol. The summed E-state index contributed by atoms with van der Waals surface area (Å²) in [7, 11) is 0. The summed E-state index contributed by atoms with van der Waals surface area (Å²) < 4.78 is 7.56. The van der Waals surface area contributed by atoms with Gasteiger partial charge in [-0.2, -0.15) is 0 Å². The number of anilines is 1. The third-order valence-electron chi connectivity index (χ3n) is 3.55. The van der Waals surface area contributed by atoms with Gasteiger partial charge in [0, 0.05) is 16.6 Å². The lowest BCUT2D eigenvalue weighted by Crippen LogP contribution is -1.98. The zero-order valence-corrected chi connectivity index (χ0v) is 17.2. The minimum Gasteiger partial charge on any atom is -0.420 e. The van der Waals surface area contributed by atoms with Crippen molar-refractivity contribution in [2.75, 3.05) is 5.32 Å². The first-order valence-electron chi connectivity index (χ1n) is 8.09. The molecule has 0 unspecified atom stereocenters. The zero-order chi connectivity index (χ0) is 18.5. The van der Waals surface area contributed by atoms with Crippen molar-refractivity contribution in [1.29, 1.82) is 0 Å². The van der Waals surface area contributed by atoms with Gasteiger partial charge in [-0.15, -0.1) is 20.4 Å². The van der Waals surface area contributed by atoms with Crippen LogP contribution in [0.1, 0.15) is 11.5 Å². The molecule has 0 aliphatic carbocycles. The summed E-state index contributed by atoms with van der Waals surface area (Å²) in [5.41, 5.74) is 2.09. The maximum atomic E-state index is 5.74. The molecule has 4 rings (SSSR count). The Hall–Kier alpha value is -2.23. The molecule has 0 spiro atoms. The Bertz CT molecular complexity index is 1020. The van der Waals surface area contributed by atoms with Gasteiger partial charge in [-0.05, 0) is 23.8 Å². The molecule has 0 saturated carbocycles. The molecule has 0 amide bonds. The lowest BCUT2D eigenvalue weighted by Gasteiger charge is -2.00. The normalized spacial score (nSPS) is 10.9. The fourth-order valence-corrected chi connectivity index (χ4v) is 4.27. The Morgan fingerprint density at radius 1 is 1.00 bits per heavy atom. The van der Waals surface area contributed by atoms with Gasteiger partial charge >= 0.3 is 0 Å². The highest BCUT2D eigenvalue weighted by atomic mass is 79.9. The summed E-state index contributed by atoms with van der Waals surface area (Å²) in [6.45, 7) is 0.722. The quantitative estimate of drug-likeness (QED) is 0.377. The molecule has 136 valence electrons. The topological polar surface area (TPSA) is 76.7 Å². The molecule has 0 aliphatic rings. The fourth-order valence-electron chi connectivity index (χ4n) is 2.29. The second-order valence-electron chi connectivity index (χ2n) is 5.51. The van der Waals surface area contributed by atoms with Crippen molar-refractivity contribution in [3.05, 3.63) is 70.5 Å². The third kappa shape index (κ3) is 4.94. The average molecular weight is 460 g/mol. The maximum Gasteiger partial charge on any atom is 0.247 e. The second-order valence-corrected chi connectivity index (χ2v) is 8.63. The van der Waals surface area contributed by atoms with Crippen molar-refractivity contribution >= 4 is 44.2 Å². The number of thioether (sulfide) groups is 1. The van der Waals surface area contributed by atoms with E-state index in [9.17, 15) is 0 Å². The minimum atomic E-state index is 0.509. The van der Waals surface area contributed by atoms with E-state index in [-0.39, 0.29) is 0 Å². The summed E-state index contributed by atoms with van der Waals surface area (Å²) in [4.78, 5) is 0. The second kappa shape index (κ2) is 8.64. The molecule has 0 saturated heterocycles. The Labute approximate surface area is 172 Å². The Morgan fingerprint density at radius 3 is 2.74 bits per heavy atom. The highest BCUT2D eigenvalue weighted by Crippen LogP contribution is 2.29. The maximum absolute atomic E-state index is 5.74. The van der Waals surface area contributed by atoms with Crippen molar-refractivity contribution in [3.63, 3.8) is 0 Å². The van der Waals surface area contributed by atoms with Crippen molar-refractivity contribution in [2.24, 2.45) is 0 Å². The highest BCUT2D eigenvalue weighted by Gasteiger charge is 2.11. The molecule has 0 radical (unpaired) electrons. The van der Waals surface area contributed by atoms with Crippen LogP contribution in [0.4, 0.5) is 5.13 Å². The van der Waals surface area contributed by atoms with E-state index in [2.05, 4.69) is 53.8 Å². The molecule has 0 aliphatic heterocycles.